The first-order chi connectivity index (χ1) is 10.4. The van der Waals surface area contributed by atoms with E-state index >= 15 is 0 Å². The van der Waals surface area contributed by atoms with Crippen molar-refractivity contribution in [2.75, 3.05) is 26.2 Å². The second-order valence-electron chi connectivity index (χ2n) is 6.47. The van der Waals surface area contributed by atoms with E-state index in [1.807, 2.05) is 0 Å². The van der Waals surface area contributed by atoms with Gasteiger partial charge >= 0.3 is 0 Å². The molecule has 1 fully saturated rings. The molecule has 2 aliphatic rings. The molecule has 118 valence electrons. The minimum atomic E-state index is 0.810. The van der Waals surface area contributed by atoms with Crippen LogP contribution in [0.3, 0.4) is 0 Å². The lowest BCUT2D eigenvalue weighted by Crippen LogP contribution is -2.25. The second-order valence-corrected chi connectivity index (χ2v) is 6.47. The summed E-state index contributed by atoms with van der Waals surface area (Å²) in [6, 6.07) is 2.13. The molecule has 3 heterocycles. The average Bonchev–Trinajstić information content (AvgIpc) is 2.74. The maximum atomic E-state index is 5.82. The Morgan fingerprint density at radius 2 is 1.76 bits per heavy atom. The molecule has 1 saturated heterocycles. The van der Waals surface area contributed by atoms with E-state index in [1.54, 1.807) is 0 Å². The molecule has 0 aliphatic carbocycles. The Kier molecular flexibility index (Phi) is 5.55. The molecule has 4 nitrogen and oxygen atoms in total. The van der Waals surface area contributed by atoms with E-state index < -0.39 is 0 Å². The van der Waals surface area contributed by atoms with Gasteiger partial charge < -0.3 is 9.64 Å². The number of fused-ring (bicyclic) bond motifs is 1. The van der Waals surface area contributed by atoms with Crippen molar-refractivity contribution in [1.29, 1.82) is 0 Å². The van der Waals surface area contributed by atoms with Crippen molar-refractivity contribution in [2.24, 2.45) is 0 Å². The highest BCUT2D eigenvalue weighted by atomic mass is 16.5. The molecule has 0 radical (unpaired) electrons. The van der Waals surface area contributed by atoms with E-state index in [-0.39, 0.29) is 0 Å². The molecule has 21 heavy (non-hydrogen) atoms. The first-order valence-corrected chi connectivity index (χ1v) is 8.84. The van der Waals surface area contributed by atoms with Gasteiger partial charge in [-0.2, -0.15) is 0 Å². The van der Waals surface area contributed by atoms with Crippen molar-refractivity contribution >= 4 is 0 Å². The zero-order valence-corrected chi connectivity index (χ0v) is 13.2. The Balaban J connectivity index is 1.31. The molecular formula is C17H29N3O. The van der Waals surface area contributed by atoms with Gasteiger partial charge in [-0.1, -0.05) is 12.8 Å². The Hall–Kier alpha value is -1.03. The minimum absolute atomic E-state index is 0.810. The number of unbranched alkanes of at least 4 members (excludes halogenated alkanes) is 1. The van der Waals surface area contributed by atoms with E-state index in [9.17, 15) is 0 Å². The van der Waals surface area contributed by atoms with E-state index in [4.69, 9.17) is 4.74 Å². The Bertz CT molecular complexity index is 398. The molecule has 4 heteroatoms. The molecule has 1 aromatic heterocycles. The summed E-state index contributed by atoms with van der Waals surface area (Å²) in [5.74, 6) is 0.835. The summed E-state index contributed by atoms with van der Waals surface area (Å²) in [5, 5.41) is 4.53. The van der Waals surface area contributed by atoms with Crippen LogP contribution in [0, 0.1) is 0 Å². The van der Waals surface area contributed by atoms with E-state index in [1.165, 1.54) is 70.3 Å². The van der Waals surface area contributed by atoms with Gasteiger partial charge in [-0.25, -0.2) is 0 Å². The summed E-state index contributed by atoms with van der Waals surface area (Å²) in [6.45, 7) is 5.71. The van der Waals surface area contributed by atoms with Gasteiger partial charge in [0.05, 0.1) is 6.61 Å². The number of ether oxygens (including phenoxy) is 1. The van der Waals surface area contributed by atoms with Crippen LogP contribution in [0.1, 0.15) is 57.1 Å². The number of rotatable bonds is 6. The van der Waals surface area contributed by atoms with Gasteiger partial charge in [0.15, 0.2) is 0 Å². The lowest BCUT2D eigenvalue weighted by Gasteiger charge is -2.19. The third kappa shape index (κ3) is 4.47. The van der Waals surface area contributed by atoms with Crippen LogP contribution >= 0.6 is 0 Å². The van der Waals surface area contributed by atoms with Crippen LogP contribution in [0.4, 0.5) is 0 Å². The maximum Gasteiger partial charge on any atom is 0.232 e. The monoisotopic (exact) mass is 291 g/mol. The standard InChI is InChI=1S/C17H29N3O/c1-2-5-11-19(10-4-1)12-7-8-14-21-17-15-16-9-3-6-13-20(16)18-17/h15H,1-14H2. The van der Waals surface area contributed by atoms with Crippen LogP contribution in [-0.2, 0) is 13.0 Å². The average molecular weight is 291 g/mol. The fourth-order valence-electron chi connectivity index (χ4n) is 3.44. The second kappa shape index (κ2) is 7.83. The summed E-state index contributed by atoms with van der Waals surface area (Å²) in [7, 11) is 0. The molecule has 0 amide bonds. The number of nitrogens with zero attached hydrogens (tertiary/aromatic N) is 3. The van der Waals surface area contributed by atoms with Crippen LogP contribution in [0.5, 0.6) is 5.88 Å². The van der Waals surface area contributed by atoms with Crippen molar-refractivity contribution in [3.63, 3.8) is 0 Å². The topological polar surface area (TPSA) is 30.3 Å². The van der Waals surface area contributed by atoms with Crippen LogP contribution in [0.15, 0.2) is 6.07 Å². The number of hydrogen-bond acceptors (Lipinski definition) is 3. The molecule has 2 aliphatic heterocycles. The molecule has 0 bridgehead atoms. The predicted molar refractivity (Wildman–Crippen MR) is 84.8 cm³/mol. The zero-order chi connectivity index (χ0) is 14.3. The van der Waals surface area contributed by atoms with Gasteiger partial charge in [-0.3, -0.25) is 4.68 Å². The summed E-state index contributed by atoms with van der Waals surface area (Å²) < 4.78 is 7.94. The van der Waals surface area contributed by atoms with Crippen LogP contribution in [0.2, 0.25) is 0 Å². The molecular weight excluding hydrogens is 262 g/mol. The van der Waals surface area contributed by atoms with Crippen LogP contribution in [0.25, 0.3) is 0 Å². The Morgan fingerprint density at radius 3 is 2.57 bits per heavy atom. The van der Waals surface area contributed by atoms with Gasteiger partial charge in [0.2, 0.25) is 5.88 Å². The van der Waals surface area contributed by atoms with Crippen LogP contribution < -0.4 is 4.74 Å². The smallest absolute Gasteiger partial charge is 0.232 e. The lowest BCUT2D eigenvalue weighted by molar-refractivity contribution is 0.251. The van der Waals surface area contributed by atoms with Crippen molar-refractivity contribution < 1.29 is 4.74 Å². The van der Waals surface area contributed by atoms with Crippen molar-refractivity contribution in [1.82, 2.24) is 14.7 Å². The van der Waals surface area contributed by atoms with Gasteiger partial charge in [0.1, 0.15) is 0 Å². The van der Waals surface area contributed by atoms with Crippen molar-refractivity contribution in [3.8, 4) is 5.88 Å². The Labute approximate surface area is 128 Å². The number of aryl methyl sites for hydroxylation is 2. The normalized spacial score (nSPS) is 20.0. The quantitative estimate of drug-likeness (QED) is 0.754. The highest BCUT2D eigenvalue weighted by Crippen LogP contribution is 2.19. The Morgan fingerprint density at radius 1 is 0.952 bits per heavy atom. The maximum absolute atomic E-state index is 5.82. The van der Waals surface area contributed by atoms with Gasteiger partial charge in [-0.05, 0) is 64.6 Å². The lowest BCUT2D eigenvalue weighted by atomic mass is 10.1. The molecule has 1 aromatic rings. The molecule has 0 N–H and O–H groups in total. The van der Waals surface area contributed by atoms with Crippen LogP contribution in [-0.4, -0.2) is 40.9 Å². The molecule has 0 aromatic carbocycles. The van der Waals surface area contributed by atoms with Gasteiger partial charge in [0.25, 0.3) is 0 Å². The molecule has 0 spiro atoms. The van der Waals surface area contributed by atoms with Gasteiger partial charge in [0, 0.05) is 18.3 Å². The zero-order valence-electron chi connectivity index (χ0n) is 13.2. The highest BCUT2D eigenvalue weighted by molar-refractivity contribution is 5.16. The fraction of sp³-hybridized carbons (Fsp3) is 0.824. The molecule has 0 atom stereocenters. The molecule has 0 unspecified atom stereocenters. The molecule has 3 rings (SSSR count). The summed E-state index contributed by atoms with van der Waals surface area (Å²) in [5.41, 5.74) is 1.35. The predicted octanol–water partition coefficient (Wildman–Crippen LogP) is 3.25. The summed E-state index contributed by atoms with van der Waals surface area (Å²) >= 11 is 0. The first-order valence-electron chi connectivity index (χ1n) is 8.84. The number of aromatic nitrogens is 2. The number of hydrogen-bond donors (Lipinski definition) is 0. The number of likely N-dealkylation sites (tertiary alicyclic amines) is 1. The summed E-state index contributed by atoms with van der Waals surface area (Å²) in [4.78, 5) is 2.63. The van der Waals surface area contributed by atoms with E-state index in [2.05, 4.69) is 20.7 Å². The SMILES string of the molecule is c1c(OCCCCN2CCCCCC2)nn2c1CCCC2. The molecule has 0 saturated carbocycles. The minimum Gasteiger partial charge on any atom is -0.477 e. The highest BCUT2D eigenvalue weighted by Gasteiger charge is 2.12. The fourth-order valence-corrected chi connectivity index (χ4v) is 3.44. The van der Waals surface area contributed by atoms with E-state index in [0.29, 0.717) is 0 Å². The van der Waals surface area contributed by atoms with Crippen molar-refractivity contribution in [3.05, 3.63) is 11.8 Å². The van der Waals surface area contributed by atoms with E-state index in [0.717, 1.165) is 31.9 Å². The third-order valence-electron chi connectivity index (χ3n) is 4.71. The van der Waals surface area contributed by atoms with Gasteiger partial charge in [-0.15, -0.1) is 5.10 Å². The van der Waals surface area contributed by atoms with Crippen molar-refractivity contribution in [2.45, 2.75) is 64.3 Å². The largest absolute Gasteiger partial charge is 0.477 e. The first kappa shape index (κ1) is 14.9. The summed E-state index contributed by atoms with van der Waals surface area (Å²) in [6.07, 6.45) is 11.7. The third-order valence-corrected chi connectivity index (χ3v) is 4.71.